The Labute approximate surface area is 201 Å². The Kier molecular flexibility index (Phi) is 6.86. The molecule has 2 aromatic rings. The molecule has 11 heteroatoms. The van der Waals surface area contributed by atoms with Gasteiger partial charge in [-0.3, -0.25) is 23.7 Å². The largest absolute Gasteiger partial charge is 0.501 e. The summed E-state index contributed by atoms with van der Waals surface area (Å²) < 4.78 is 14.5. The van der Waals surface area contributed by atoms with Crippen molar-refractivity contribution >= 4 is 17.7 Å². The number of hydrogen-bond acceptors (Lipinski definition) is 6. The van der Waals surface area contributed by atoms with Gasteiger partial charge in [0, 0.05) is 38.6 Å². The molecule has 1 saturated carbocycles. The molecule has 1 aromatic carbocycles. The molecular weight excluding hydrogens is 457 g/mol. The minimum atomic E-state index is -0.744. The van der Waals surface area contributed by atoms with Crippen LogP contribution in [0.25, 0.3) is 0 Å². The Morgan fingerprint density at radius 2 is 1.94 bits per heavy atom. The number of fused-ring (bicyclic) bond motifs is 2. The van der Waals surface area contributed by atoms with Gasteiger partial charge in [-0.25, -0.2) is 9.37 Å². The van der Waals surface area contributed by atoms with E-state index >= 15 is 0 Å². The first-order chi connectivity index (χ1) is 16.7. The van der Waals surface area contributed by atoms with E-state index in [0.717, 1.165) is 6.42 Å². The zero-order valence-electron chi connectivity index (χ0n) is 19.6. The first-order valence-electron chi connectivity index (χ1n) is 11.6. The van der Waals surface area contributed by atoms with Crippen molar-refractivity contribution in [3.63, 3.8) is 0 Å². The van der Waals surface area contributed by atoms with E-state index in [1.54, 1.807) is 6.92 Å². The number of nitrogens with zero attached hydrogens (tertiary/aromatic N) is 3. The summed E-state index contributed by atoms with van der Waals surface area (Å²) in [7, 11) is 1.54. The number of amides is 3. The normalized spacial score (nSPS) is 20.5. The van der Waals surface area contributed by atoms with Gasteiger partial charge >= 0.3 is 11.8 Å². The molecule has 3 atom stereocenters. The Morgan fingerprint density at radius 1 is 1.23 bits per heavy atom. The van der Waals surface area contributed by atoms with Gasteiger partial charge < -0.3 is 20.6 Å². The zero-order chi connectivity index (χ0) is 25.3. The molecular formula is C24H28FN5O5. The number of aromatic nitrogens is 2. The molecule has 3 N–H and O–H groups in total. The maximum atomic E-state index is 13.1. The van der Waals surface area contributed by atoms with Gasteiger partial charge in [0.2, 0.25) is 5.75 Å². The van der Waals surface area contributed by atoms with Gasteiger partial charge in [0.1, 0.15) is 11.6 Å². The summed E-state index contributed by atoms with van der Waals surface area (Å²) in [6.45, 7) is 2.51. The average molecular weight is 486 g/mol. The minimum absolute atomic E-state index is 0.0499. The van der Waals surface area contributed by atoms with Crippen LogP contribution >= 0.6 is 0 Å². The predicted octanol–water partition coefficient (Wildman–Crippen LogP) is 0.878. The quantitative estimate of drug-likeness (QED) is 0.539. The van der Waals surface area contributed by atoms with Gasteiger partial charge in [0.25, 0.3) is 11.5 Å². The summed E-state index contributed by atoms with van der Waals surface area (Å²) in [5, 5.41) is 15.9. The molecule has 0 saturated heterocycles. The van der Waals surface area contributed by atoms with E-state index in [-0.39, 0.29) is 12.5 Å². The molecule has 1 aliphatic carbocycles. The summed E-state index contributed by atoms with van der Waals surface area (Å²) in [5.74, 6) is -3.30. The van der Waals surface area contributed by atoms with Crippen molar-refractivity contribution < 1.29 is 23.9 Å². The summed E-state index contributed by atoms with van der Waals surface area (Å²) in [4.78, 5) is 56.3. The Hall–Kier alpha value is -3.76. The molecule has 5 rings (SSSR count). The number of nitrogens with one attached hydrogen (secondary N) is 2. The van der Waals surface area contributed by atoms with E-state index in [1.165, 1.54) is 40.8 Å². The highest BCUT2D eigenvalue weighted by atomic mass is 19.1. The van der Waals surface area contributed by atoms with E-state index in [9.17, 15) is 28.7 Å². The van der Waals surface area contributed by atoms with Gasteiger partial charge in [0.15, 0.2) is 5.69 Å². The maximum absolute atomic E-state index is 13.1. The van der Waals surface area contributed by atoms with Gasteiger partial charge in [-0.05, 0) is 49.8 Å². The number of rotatable bonds is 5. The highest BCUT2D eigenvalue weighted by molar-refractivity contribution is 6.35. The SMILES string of the molecule is CCN(C)C(=O)C(=O)NC1CC2CCC1c1nc(C(=O)NCc3ccc(F)cc3)c(O)c(=O)n1C2. The molecule has 10 nitrogen and oxygen atoms in total. The number of hydrogen-bond donors (Lipinski definition) is 3. The van der Waals surface area contributed by atoms with Crippen molar-refractivity contribution in [2.45, 2.75) is 51.2 Å². The highest BCUT2D eigenvalue weighted by Crippen LogP contribution is 2.39. The van der Waals surface area contributed by atoms with Crippen LogP contribution in [0, 0.1) is 11.7 Å². The van der Waals surface area contributed by atoms with Crippen LogP contribution < -0.4 is 16.2 Å². The van der Waals surface area contributed by atoms with Crippen molar-refractivity contribution in [3.8, 4) is 5.75 Å². The number of likely N-dealkylation sites (N-methyl/N-ethyl adjacent to an activating group) is 1. The van der Waals surface area contributed by atoms with E-state index in [1.807, 2.05) is 0 Å². The first-order valence-corrected chi connectivity index (χ1v) is 11.6. The summed E-state index contributed by atoms with van der Waals surface area (Å²) in [5.41, 5.74) is -0.484. The summed E-state index contributed by atoms with van der Waals surface area (Å²) in [6.07, 6.45) is 1.95. The predicted molar refractivity (Wildman–Crippen MR) is 123 cm³/mol. The second kappa shape index (κ2) is 9.85. The average Bonchev–Trinajstić information content (AvgIpc) is 3.12. The molecule has 3 aliphatic rings. The topological polar surface area (TPSA) is 134 Å². The van der Waals surface area contributed by atoms with Crippen LogP contribution in [-0.2, 0) is 22.7 Å². The molecule has 1 aromatic heterocycles. The second-order valence-electron chi connectivity index (χ2n) is 9.08. The molecule has 3 amide bonds. The molecule has 186 valence electrons. The standard InChI is InChI=1S/C24H28FN5O5/c1-3-29(2)24(35)22(33)27-17-10-14-6-9-16(17)20-28-18(19(31)23(34)30(20)12-14)21(32)26-11-13-4-7-15(25)8-5-13/h4-5,7-8,14,16-17,31H,3,6,9-12H2,1-2H3,(H,26,32)(H,27,33). The lowest BCUT2D eigenvalue weighted by Crippen LogP contribution is -2.48. The van der Waals surface area contributed by atoms with Crippen LogP contribution in [0.5, 0.6) is 5.75 Å². The second-order valence-corrected chi connectivity index (χ2v) is 9.08. The lowest BCUT2D eigenvalue weighted by molar-refractivity contribution is -0.145. The smallest absolute Gasteiger partial charge is 0.311 e. The van der Waals surface area contributed by atoms with Gasteiger partial charge in [-0.1, -0.05) is 12.1 Å². The fraction of sp³-hybridized carbons (Fsp3) is 0.458. The van der Waals surface area contributed by atoms with Crippen LogP contribution in [0.2, 0.25) is 0 Å². The number of carbonyl (C=O) groups is 3. The summed E-state index contributed by atoms with van der Waals surface area (Å²) >= 11 is 0. The Bertz CT molecular complexity index is 1210. The molecule has 3 heterocycles. The molecule has 0 spiro atoms. The van der Waals surface area contributed by atoms with Gasteiger partial charge in [-0.2, -0.15) is 0 Å². The third-order valence-electron chi connectivity index (χ3n) is 6.82. The molecule has 2 bridgehead atoms. The third-order valence-corrected chi connectivity index (χ3v) is 6.82. The lowest BCUT2D eigenvalue weighted by atomic mass is 9.79. The Morgan fingerprint density at radius 3 is 2.63 bits per heavy atom. The number of halogens is 1. The van der Waals surface area contributed by atoms with Crippen molar-refractivity contribution in [1.82, 2.24) is 25.1 Å². The molecule has 35 heavy (non-hydrogen) atoms. The van der Waals surface area contributed by atoms with Crippen LogP contribution in [0.3, 0.4) is 0 Å². The van der Waals surface area contributed by atoms with Crippen LogP contribution in [0.4, 0.5) is 4.39 Å². The monoisotopic (exact) mass is 485 g/mol. The van der Waals surface area contributed by atoms with E-state index in [4.69, 9.17) is 0 Å². The number of benzene rings is 1. The number of carbonyl (C=O) groups excluding carboxylic acids is 3. The molecule has 2 aliphatic heterocycles. The van der Waals surface area contributed by atoms with Gasteiger partial charge in [-0.15, -0.1) is 0 Å². The fourth-order valence-corrected chi connectivity index (χ4v) is 4.74. The molecule has 0 radical (unpaired) electrons. The highest BCUT2D eigenvalue weighted by Gasteiger charge is 2.41. The van der Waals surface area contributed by atoms with Crippen LogP contribution in [-0.4, -0.2) is 56.9 Å². The van der Waals surface area contributed by atoms with Crippen molar-refractivity contribution in [1.29, 1.82) is 0 Å². The summed E-state index contributed by atoms with van der Waals surface area (Å²) in [6, 6.07) is 5.12. The van der Waals surface area contributed by atoms with Crippen molar-refractivity contribution in [2.75, 3.05) is 13.6 Å². The van der Waals surface area contributed by atoms with Crippen LogP contribution in [0.15, 0.2) is 29.1 Å². The van der Waals surface area contributed by atoms with Crippen molar-refractivity contribution in [2.24, 2.45) is 5.92 Å². The zero-order valence-corrected chi connectivity index (χ0v) is 19.6. The van der Waals surface area contributed by atoms with Gasteiger partial charge in [0.05, 0.1) is 0 Å². The van der Waals surface area contributed by atoms with Crippen molar-refractivity contribution in [3.05, 3.63) is 57.5 Å². The fourth-order valence-electron chi connectivity index (χ4n) is 4.74. The first kappa shape index (κ1) is 24.4. The van der Waals surface area contributed by atoms with E-state index in [2.05, 4.69) is 15.6 Å². The molecule has 3 unspecified atom stereocenters. The third kappa shape index (κ3) is 4.89. The van der Waals surface area contributed by atoms with E-state index in [0.29, 0.717) is 37.3 Å². The van der Waals surface area contributed by atoms with E-state index < -0.39 is 52.5 Å². The minimum Gasteiger partial charge on any atom is -0.501 e. The maximum Gasteiger partial charge on any atom is 0.311 e. The Balaban J connectivity index is 1.60. The lowest BCUT2D eigenvalue weighted by Gasteiger charge is -2.32. The molecule has 1 fully saturated rings. The number of aromatic hydroxyl groups is 1. The van der Waals surface area contributed by atoms with Crippen LogP contribution in [0.1, 0.15) is 54.0 Å².